The molecule has 0 aliphatic carbocycles. The van der Waals surface area contributed by atoms with Gasteiger partial charge in [-0.05, 0) is 141 Å². The molecule has 9 heterocycles. The van der Waals surface area contributed by atoms with Crippen molar-refractivity contribution < 1.29 is 0 Å². The normalized spacial score (nSPS) is 11.7. The Morgan fingerprint density at radius 2 is 0.463 bits per heavy atom. The zero-order valence-corrected chi connectivity index (χ0v) is 72.4. The van der Waals surface area contributed by atoms with Crippen LogP contribution in [0.1, 0.15) is 0 Å². The molecule has 0 aliphatic heterocycles. The van der Waals surface area contributed by atoms with Gasteiger partial charge in [-0.1, -0.05) is 358 Å². The van der Waals surface area contributed by atoms with Crippen LogP contribution in [0, 0.1) is 0 Å². The van der Waals surface area contributed by atoms with Crippen LogP contribution in [0.3, 0.4) is 0 Å². The molecule has 0 bridgehead atoms. The summed E-state index contributed by atoms with van der Waals surface area (Å²) in [6.07, 6.45) is 6.47. The summed E-state index contributed by atoms with van der Waals surface area (Å²) in [5, 5.41) is 18.5. The Hall–Kier alpha value is -18.3. The molecule has 12 heteroatoms. The fourth-order valence-electron chi connectivity index (χ4n) is 20.4. The molecule has 0 unspecified atom stereocenters. The van der Waals surface area contributed by atoms with Gasteiger partial charge in [0, 0.05) is 117 Å². The molecule has 0 fully saturated rings. The third kappa shape index (κ3) is 12.8. The van der Waals surface area contributed by atoms with Crippen LogP contribution < -0.4 is 0 Å². The lowest BCUT2D eigenvalue weighted by Crippen LogP contribution is -2.04. The molecule has 134 heavy (non-hydrogen) atoms. The van der Waals surface area contributed by atoms with E-state index in [1.165, 1.54) is 86.7 Å². The van der Waals surface area contributed by atoms with E-state index >= 15 is 0 Å². The van der Waals surface area contributed by atoms with Crippen molar-refractivity contribution >= 4 is 152 Å². The van der Waals surface area contributed by atoms with Gasteiger partial charge >= 0.3 is 0 Å². The monoisotopic (exact) mass is 1710 g/mol. The largest absolute Gasteiger partial charge is 0.315 e. The predicted octanol–water partition coefficient (Wildman–Crippen LogP) is 30.7. The Kier molecular flexibility index (Phi) is 18.3. The summed E-state index contributed by atoms with van der Waals surface area (Å²) in [6.45, 7) is 0. The first-order valence-corrected chi connectivity index (χ1v) is 45.3. The fraction of sp³-hybridized carbons (Fsp3) is 0. The molecular formula is C122H78N12. The third-order valence-electron chi connectivity index (χ3n) is 26.5. The molecule has 0 N–H and O–H groups in total. The molecule has 626 valence electrons. The summed E-state index contributed by atoms with van der Waals surface area (Å²) in [5.41, 5.74) is 26.7. The summed E-state index contributed by atoms with van der Waals surface area (Å²) in [7, 11) is 0. The van der Waals surface area contributed by atoms with Crippen molar-refractivity contribution in [3.8, 4) is 90.9 Å². The molecule has 0 spiro atoms. The van der Waals surface area contributed by atoms with Crippen LogP contribution >= 0.6 is 0 Å². The van der Waals surface area contributed by atoms with Crippen LogP contribution in [-0.2, 0) is 0 Å². The first kappa shape index (κ1) is 76.9. The lowest BCUT2D eigenvalue weighted by Gasteiger charge is -2.14. The van der Waals surface area contributed by atoms with Crippen molar-refractivity contribution in [3.63, 3.8) is 0 Å². The van der Waals surface area contributed by atoms with E-state index in [0.717, 1.165) is 139 Å². The fourth-order valence-corrected chi connectivity index (χ4v) is 20.4. The van der Waals surface area contributed by atoms with Crippen molar-refractivity contribution in [1.82, 2.24) is 57.3 Å². The standard InChI is InChI=1S/C44H28N4.C40H26N4.C38H24N4/c1-2-13-33(14-3-1)47-28-27-32-25-26-37-36-16-7-9-20-40(36)48(43(37)42(32)47)44-45-39-19-8-6-17-38(39)41(46-44)31-23-21-30(22-24-31)35-18-10-12-29-11-4-5-15-34(29)35;1-3-12-27(13-4-1)29-14-11-15-30(26-29)37-34-19-7-9-20-35(34)41-40(42-37)44-36-21-10-8-18-32(36)33-23-22-28-24-25-43(38(28)39(33)44)31-16-5-2-6-17-31;1-2-13-27(14-3-1)41-24-23-26-21-22-31-29-16-7-9-20-34(29)42(37(31)36(26)41)38-39-33-19-8-6-17-32(33)35(40-38)30-18-10-12-25-11-4-5-15-28(25)30/h1-28H;1-26H;1-24H. The van der Waals surface area contributed by atoms with Crippen LogP contribution in [0.15, 0.2) is 474 Å². The second-order valence-electron chi connectivity index (χ2n) is 34.1. The van der Waals surface area contributed by atoms with Crippen molar-refractivity contribution in [2.45, 2.75) is 0 Å². The highest BCUT2D eigenvalue weighted by molar-refractivity contribution is 6.21. The van der Waals surface area contributed by atoms with Gasteiger partial charge in [-0.2, -0.15) is 0 Å². The van der Waals surface area contributed by atoms with E-state index in [9.17, 15) is 0 Å². The SMILES string of the molecule is c1ccc(-c2cccc(-c3nc(-n4c5ccccc5c5ccc6ccn(-c7ccccc7)c6c54)nc4ccccc34)c2)cc1.c1ccc(-n2ccc3ccc4c5ccccc5n(-c5nc(-c6ccc(-c7cccc8ccccc78)cc6)c6ccccc6n5)c4c32)cc1.c1ccc(-n2ccc3ccc4c5ccccc5n(-c5nc(-c6cccc7ccccc67)c6ccccc6n5)c4c32)cc1. The number of rotatable bonds is 11. The van der Waals surface area contributed by atoms with Gasteiger partial charge < -0.3 is 13.7 Å². The second kappa shape index (κ2) is 31.9. The number of hydrogen-bond acceptors (Lipinski definition) is 6. The van der Waals surface area contributed by atoms with E-state index in [0.29, 0.717) is 17.8 Å². The van der Waals surface area contributed by atoms with Gasteiger partial charge in [-0.3, -0.25) is 13.7 Å². The molecule has 0 radical (unpaired) electrons. The average molecular weight is 1710 g/mol. The lowest BCUT2D eigenvalue weighted by atomic mass is 9.96. The van der Waals surface area contributed by atoms with Crippen molar-refractivity contribution in [2.75, 3.05) is 0 Å². The quantitative estimate of drug-likeness (QED) is 0.128. The molecule has 9 aromatic heterocycles. The van der Waals surface area contributed by atoms with E-state index in [1.807, 2.05) is 6.07 Å². The number of hydrogen-bond donors (Lipinski definition) is 0. The summed E-state index contributed by atoms with van der Waals surface area (Å²) in [6, 6.07) is 160. The Balaban J connectivity index is 0.000000105. The topological polar surface area (TPSA) is 107 Å². The Bertz CT molecular complexity index is 9510. The minimum atomic E-state index is 0.654. The molecule has 0 atom stereocenters. The summed E-state index contributed by atoms with van der Waals surface area (Å²) in [5.74, 6) is 1.97. The van der Waals surface area contributed by atoms with Gasteiger partial charge in [0.25, 0.3) is 0 Å². The first-order chi connectivity index (χ1) is 66.5. The van der Waals surface area contributed by atoms with Crippen LogP contribution in [0.4, 0.5) is 0 Å². The van der Waals surface area contributed by atoms with Crippen molar-refractivity contribution in [3.05, 3.63) is 474 Å². The van der Waals surface area contributed by atoms with Crippen LogP contribution in [0.2, 0.25) is 0 Å². The molecule has 28 rings (SSSR count). The smallest absolute Gasteiger partial charge is 0.235 e. The van der Waals surface area contributed by atoms with Gasteiger partial charge in [-0.15, -0.1) is 0 Å². The molecule has 0 saturated heterocycles. The molecule has 28 aromatic rings. The van der Waals surface area contributed by atoms with E-state index in [1.54, 1.807) is 0 Å². The highest BCUT2D eigenvalue weighted by Crippen LogP contribution is 2.45. The maximum atomic E-state index is 5.40. The average Bonchev–Trinajstić information content (AvgIpc) is 1.56. The van der Waals surface area contributed by atoms with Gasteiger partial charge in [0.15, 0.2) is 0 Å². The third-order valence-corrected chi connectivity index (χ3v) is 26.5. The van der Waals surface area contributed by atoms with Crippen LogP contribution in [-0.4, -0.2) is 57.3 Å². The van der Waals surface area contributed by atoms with Gasteiger partial charge in [0.1, 0.15) is 0 Å². The number of nitrogens with zero attached hydrogens (tertiary/aromatic N) is 12. The van der Waals surface area contributed by atoms with Crippen LogP contribution in [0.25, 0.3) is 243 Å². The Morgan fingerprint density at radius 1 is 0.157 bits per heavy atom. The van der Waals surface area contributed by atoms with Gasteiger partial charge in [0.2, 0.25) is 17.8 Å². The summed E-state index contributed by atoms with van der Waals surface area (Å²) < 4.78 is 13.6. The van der Waals surface area contributed by atoms with Crippen molar-refractivity contribution in [1.29, 1.82) is 0 Å². The molecule has 0 amide bonds. The Labute approximate surface area is 769 Å². The number of para-hydroxylation sites is 9. The number of fused-ring (bicyclic) bond motifs is 20. The lowest BCUT2D eigenvalue weighted by molar-refractivity contribution is 1.01. The van der Waals surface area contributed by atoms with E-state index in [2.05, 4.69) is 495 Å². The molecule has 19 aromatic carbocycles. The maximum absolute atomic E-state index is 5.40. The zero-order valence-electron chi connectivity index (χ0n) is 72.4. The molecular weight excluding hydrogens is 1630 g/mol. The van der Waals surface area contributed by atoms with E-state index < -0.39 is 0 Å². The molecule has 0 aliphatic rings. The molecule has 12 nitrogen and oxygen atoms in total. The predicted molar refractivity (Wildman–Crippen MR) is 554 cm³/mol. The first-order valence-electron chi connectivity index (χ1n) is 45.3. The van der Waals surface area contributed by atoms with Gasteiger partial charge in [-0.25, -0.2) is 29.9 Å². The van der Waals surface area contributed by atoms with E-state index in [4.69, 9.17) is 29.9 Å². The van der Waals surface area contributed by atoms with Gasteiger partial charge in [0.05, 0.1) is 83.3 Å². The number of aromatic nitrogens is 12. The zero-order chi connectivity index (χ0) is 88.3. The van der Waals surface area contributed by atoms with E-state index in [-0.39, 0.29) is 0 Å². The minimum Gasteiger partial charge on any atom is -0.315 e. The maximum Gasteiger partial charge on any atom is 0.235 e. The molecule has 0 saturated carbocycles. The second-order valence-corrected chi connectivity index (χ2v) is 34.1. The number of benzene rings is 19. The minimum absolute atomic E-state index is 0.654. The summed E-state index contributed by atoms with van der Waals surface area (Å²) in [4.78, 5) is 31.9. The Morgan fingerprint density at radius 3 is 0.896 bits per heavy atom. The summed E-state index contributed by atoms with van der Waals surface area (Å²) >= 11 is 0. The highest BCUT2D eigenvalue weighted by atomic mass is 15.2. The van der Waals surface area contributed by atoms with Crippen LogP contribution in [0.5, 0.6) is 0 Å². The van der Waals surface area contributed by atoms with Crippen molar-refractivity contribution in [2.24, 2.45) is 0 Å². The highest BCUT2D eigenvalue weighted by Gasteiger charge is 2.27.